The van der Waals surface area contributed by atoms with Crippen LogP contribution in [0.3, 0.4) is 0 Å². The third-order valence-corrected chi connectivity index (χ3v) is 12.7. The van der Waals surface area contributed by atoms with Crippen LogP contribution in [0.2, 0.25) is 0 Å². The molecule has 0 unspecified atom stereocenters. The maximum Gasteiger partial charge on any atom is 0.529 e. The van der Waals surface area contributed by atoms with Gasteiger partial charge >= 0.3 is 13.5 Å². The lowest BCUT2D eigenvalue weighted by atomic mass is 9.82. The molecule has 4 rings (SSSR count). The topological polar surface area (TPSA) is 80.3 Å². The molecule has 0 spiro atoms. The highest BCUT2D eigenvalue weighted by molar-refractivity contribution is 8.68. The Kier molecular flexibility index (Phi) is 9.96. The highest BCUT2D eigenvalue weighted by Crippen LogP contribution is 2.67. The standard InChI is InChI=1S/C26H32O7P2S2/c1-3-29-34(28,30-4-2)33-25-24-17-11-12-20(24)18-21(19-27)26(25)37-35(36,31-22-13-7-5-8-14-22)32-23-15-9-6-10-16-23/h5-10,13-16,19-21,26H,3-4,11-12,17-18H2,1-2H3/t20-,21-,26+/m1/s1. The van der Waals surface area contributed by atoms with Gasteiger partial charge in [0, 0.05) is 5.92 Å². The van der Waals surface area contributed by atoms with Gasteiger partial charge in [0.05, 0.1) is 18.5 Å². The van der Waals surface area contributed by atoms with Gasteiger partial charge in [-0.25, -0.2) is 4.57 Å². The minimum Gasteiger partial charge on any atom is -0.428 e. The second kappa shape index (κ2) is 13.0. The number of carbonyl (C=O) groups excluding carboxylic acids is 1. The molecule has 0 aromatic heterocycles. The van der Waals surface area contributed by atoms with E-state index in [0.29, 0.717) is 23.7 Å². The molecule has 0 radical (unpaired) electrons. The minimum absolute atomic E-state index is 0.157. The largest absolute Gasteiger partial charge is 0.529 e. The summed E-state index contributed by atoms with van der Waals surface area (Å²) in [5.41, 5.74) is -2.09. The number of hydrogen-bond donors (Lipinski definition) is 0. The van der Waals surface area contributed by atoms with Crippen LogP contribution in [0.1, 0.15) is 39.5 Å². The molecular formula is C26H32O7P2S2. The normalized spacial score (nSPS) is 21.8. The van der Waals surface area contributed by atoms with Crippen LogP contribution in [0.4, 0.5) is 0 Å². The van der Waals surface area contributed by atoms with Crippen molar-refractivity contribution < 1.29 is 32.0 Å². The average molecular weight is 583 g/mol. The van der Waals surface area contributed by atoms with Crippen molar-refractivity contribution in [3.8, 4) is 11.5 Å². The number of phosphoric acid groups is 1. The molecule has 0 aliphatic heterocycles. The number of phosphoric ester groups is 1. The summed E-state index contributed by atoms with van der Waals surface area (Å²) < 4.78 is 43.2. The van der Waals surface area contributed by atoms with E-state index in [2.05, 4.69) is 0 Å². The van der Waals surface area contributed by atoms with Crippen molar-refractivity contribution in [3.63, 3.8) is 0 Å². The Morgan fingerprint density at radius 1 is 0.946 bits per heavy atom. The van der Waals surface area contributed by atoms with Gasteiger partial charge in [0.25, 0.3) is 0 Å². The Bertz CT molecular complexity index is 1120. The van der Waals surface area contributed by atoms with E-state index in [1.165, 1.54) is 11.4 Å². The van der Waals surface area contributed by atoms with Crippen LogP contribution in [0.5, 0.6) is 11.5 Å². The zero-order valence-electron chi connectivity index (χ0n) is 20.9. The summed E-state index contributed by atoms with van der Waals surface area (Å²) in [5.74, 6) is 1.35. The summed E-state index contributed by atoms with van der Waals surface area (Å²) in [4.78, 5) is 12.4. The molecule has 37 heavy (non-hydrogen) atoms. The fraction of sp³-hybridized carbons (Fsp3) is 0.423. The summed E-state index contributed by atoms with van der Waals surface area (Å²) >= 11 is 7.33. The van der Waals surface area contributed by atoms with Crippen LogP contribution < -0.4 is 9.05 Å². The second-order valence-corrected chi connectivity index (χ2v) is 16.5. The zero-order chi connectivity index (χ0) is 26.3. The average Bonchev–Trinajstić information content (AvgIpc) is 3.35. The van der Waals surface area contributed by atoms with Gasteiger partial charge in [0.15, 0.2) is 0 Å². The molecule has 2 aromatic carbocycles. The minimum atomic E-state index is -3.90. The number of hydrogen-bond acceptors (Lipinski definition) is 9. The third-order valence-electron chi connectivity index (χ3n) is 6.13. The molecule has 0 amide bonds. The highest BCUT2D eigenvalue weighted by Gasteiger charge is 2.47. The van der Waals surface area contributed by atoms with Gasteiger partial charge in [0.2, 0.25) is 0 Å². The van der Waals surface area contributed by atoms with E-state index < -0.39 is 24.7 Å². The number of rotatable bonds is 13. The molecule has 0 heterocycles. The van der Waals surface area contributed by atoms with Crippen molar-refractivity contribution in [3.05, 3.63) is 72.0 Å². The number of carbonyl (C=O) groups is 1. The molecule has 0 saturated heterocycles. The molecule has 2 aliphatic rings. The molecule has 1 saturated carbocycles. The Labute approximate surface area is 227 Å². The van der Waals surface area contributed by atoms with Gasteiger partial charge in [-0.3, -0.25) is 9.05 Å². The molecule has 11 heteroatoms. The van der Waals surface area contributed by atoms with Gasteiger partial charge in [-0.05, 0) is 98.5 Å². The van der Waals surface area contributed by atoms with Crippen molar-refractivity contribution in [2.75, 3.05) is 13.2 Å². The lowest BCUT2D eigenvalue weighted by Crippen LogP contribution is -2.31. The fourth-order valence-corrected chi connectivity index (χ4v) is 11.5. The van der Waals surface area contributed by atoms with Crippen molar-refractivity contribution in [1.82, 2.24) is 0 Å². The lowest BCUT2D eigenvalue weighted by Gasteiger charge is -2.37. The molecule has 0 bridgehead atoms. The Balaban J connectivity index is 1.74. The first-order valence-electron chi connectivity index (χ1n) is 12.4. The second-order valence-electron chi connectivity index (χ2n) is 8.67. The predicted molar refractivity (Wildman–Crippen MR) is 150 cm³/mol. The van der Waals surface area contributed by atoms with Crippen LogP contribution in [0, 0.1) is 11.8 Å². The van der Waals surface area contributed by atoms with Gasteiger partial charge in [0.1, 0.15) is 23.5 Å². The molecule has 200 valence electrons. The van der Waals surface area contributed by atoms with Crippen molar-refractivity contribution >= 4 is 43.0 Å². The van der Waals surface area contributed by atoms with Gasteiger partial charge in [-0.1, -0.05) is 36.4 Å². The molecule has 2 aliphatic carbocycles. The van der Waals surface area contributed by atoms with E-state index in [4.69, 9.17) is 34.4 Å². The first-order valence-corrected chi connectivity index (χ1v) is 18.0. The molecular weight excluding hydrogens is 550 g/mol. The van der Waals surface area contributed by atoms with Gasteiger partial charge in [-0.15, -0.1) is 0 Å². The van der Waals surface area contributed by atoms with Crippen LogP contribution in [0.15, 0.2) is 72.0 Å². The number of allylic oxidation sites excluding steroid dienone is 1. The van der Waals surface area contributed by atoms with E-state index in [1.54, 1.807) is 13.8 Å². The zero-order valence-corrected chi connectivity index (χ0v) is 24.3. The Morgan fingerprint density at radius 2 is 1.51 bits per heavy atom. The monoisotopic (exact) mass is 582 g/mol. The molecule has 1 fully saturated rings. The van der Waals surface area contributed by atoms with Crippen LogP contribution in [-0.2, 0) is 34.7 Å². The molecule has 3 atom stereocenters. The van der Waals surface area contributed by atoms with E-state index >= 15 is 0 Å². The summed E-state index contributed by atoms with van der Waals surface area (Å²) in [6, 6.07) is 18.5. The number of benzene rings is 2. The maximum absolute atomic E-state index is 13.5. The van der Waals surface area contributed by atoms with E-state index in [-0.39, 0.29) is 19.1 Å². The number of fused-ring (bicyclic) bond motifs is 1. The highest BCUT2D eigenvalue weighted by atomic mass is 32.9. The Hall–Kier alpha value is -1.60. The summed E-state index contributed by atoms with van der Waals surface area (Å²) in [5, 5.41) is -0.561. The molecule has 7 nitrogen and oxygen atoms in total. The number of para-hydroxylation sites is 2. The van der Waals surface area contributed by atoms with E-state index in [1.807, 2.05) is 60.7 Å². The predicted octanol–water partition coefficient (Wildman–Crippen LogP) is 7.94. The summed E-state index contributed by atoms with van der Waals surface area (Å²) in [7, 11) is -3.90. The summed E-state index contributed by atoms with van der Waals surface area (Å²) in [6.07, 6.45) is 4.32. The van der Waals surface area contributed by atoms with Gasteiger partial charge in [-0.2, -0.15) is 0 Å². The SMILES string of the molecule is CCOP(=O)(OCC)OC1=C2CCC[C@@H]2C[C@H](C=O)[C@@H]1SP(=S)(Oc1ccccc1)Oc1ccccc1. The quantitative estimate of drug-likeness (QED) is 0.173. The molecule has 0 N–H and O–H groups in total. The van der Waals surface area contributed by atoms with E-state index in [0.717, 1.165) is 31.1 Å². The smallest absolute Gasteiger partial charge is 0.428 e. The summed E-state index contributed by atoms with van der Waals surface area (Å²) in [6.45, 7) is 3.77. The lowest BCUT2D eigenvalue weighted by molar-refractivity contribution is -0.111. The third kappa shape index (κ3) is 7.29. The molecule has 2 aromatic rings. The van der Waals surface area contributed by atoms with Gasteiger partial charge < -0.3 is 18.4 Å². The van der Waals surface area contributed by atoms with Crippen molar-refractivity contribution in [2.24, 2.45) is 11.8 Å². The van der Waals surface area contributed by atoms with Crippen LogP contribution >= 0.6 is 24.9 Å². The number of aldehydes is 1. The van der Waals surface area contributed by atoms with Crippen molar-refractivity contribution in [1.29, 1.82) is 0 Å². The fourth-order valence-electron chi connectivity index (χ4n) is 4.64. The first kappa shape index (κ1) is 28.4. The van der Waals surface area contributed by atoms with E-state index in [9.17, 15) is 9.36 Å². The first-order chi connectivity index (χ1) is 17.9. The Morgan fingerprint density at radius 3 is 2.03 bits per heavy atom. The maximum atomic E-state index is 13.5. The van der Waals surface area contributed by atoms with Crippen LogP contribution in [-0.4, -0.2) is 24.7 Å². The van der Waals surface area contributed by atoms with Crippen molar-refractivity contribution in [2.45, 2.75) is 44.8 Å². The van der Waals surface area contributed by atoms with Crippen LogP contribution in [0.25, 0.3) is 0 Å².